The third-order valence-electron chi connectivity index (χ3n) is 7.41. The van der Waals surface area contributed by atoms with Gasteiger partial charge in [0.1, 0.15) is 5.69 Å². The number of halogens is 1. The van der Waals surface area contributed by atoms with E-state index in [0.29, 0.717) is 54.7 Å². The zero-order valence-electron chi connectivity index (χ0n) is 23.5. The van der Waals surface area contributed by atoms with Crippen LogP contribution in [0.5, 0.6) is 5.75 Å². The van der Waals surface area contributed by atoms with Gasteiger partial charge in [-0.05, 0) is 55.7 Å². The van der Waals surface area contributed by atoms with Crippen LogP contribution in [0.15, 0.2) is 59.5 Å². The van der Waals surface area contributed by atoms with Crippen LogP contribution in [0.25, 0.3) is 5.69 Å². The lowest BCUT2D eigenvalue weighted by atomic mass is 10.2. The zero-order chi connectivity index (χ0) is 29.9. The summed E-state index contributed by atoms with van der Waals surface area (Å²) in [6.45, 7) is 5.97. The number of anilines is 1. The van der Waals surface area contributed by atoms with Crippen LogP contribution in [-0.4, -0.2) is 58.8 Å². The van der Waals surface area contributed by atoms with Crippen LogP contribution in [0.3, 0.4) is 0 Å². The number of rotatable bonds is 12. The highest BCUT2D eigenvalue weighted by Gasteiger charge is 2.40. The number of hydrogen-bond donors (Lipinski definition) is 0. The third-order valence-corrected chi connectivity index (χ3v) is 9.78. The molecule has 1 saturated heterocycles. The van der Waals surface area contributed by atoms with Crippen molar-refractivity contribution in [1.82, 2.24) is 14.5 Å². The van der Waals surface area contributed by atoms with E-state index in [1.165, 1.54) is 16.8 Å². The molecule has 14 heteroatoms. The number of nitrogens with zero attached hydrogens (tertiary/aromatic N) is 5. The summed E-state index contributed by atoms with van der Waals surface area (Å²) in [5, 5.41) is 15.8. The number of ether oxygens (including phenoxy) is 1. The highest BCUT2D eigenvalue weighted by atomic mass is 35.5. The van der Waals surface area contributed by atoms with Crippen LogP contribution in [-0.2, 0) is 20.2 Å². The molecule has 2 aliphatic rings. The van der Waals surface area contributed by atoms with Gasteiger partial charge in [0.2, 0.25) is 5.75 Å². The van der Waals surface area contributed by atoms with E-state index in [0.717, 1.165) is 12.8 Å². The fourth-order valence-corrected chi connectivity index (χ4v) is 6.49. The molecule has 0 amide bonds. The molecule has 1 aliphatic carbocycles. The fraction of sp³-hybridized carbons (Fsp3) is 0.429. The number of non-ortho nitro benzene ring substituents is 1. The second kappa shape index (κ2) is 12.5. The molecule has 42 heavy (non-hydrogen) atoms. The van der Waals surface area contributed by atoms with Gasteiger partial charge in [-0.2, -0.15) is 9.78 Å². The number of hydrogen-bond acceptors (Lipinski definition) is 9. The highest BCUT2D eigenvalue weighted by Crippen LogP contribution is 2.53. The molecule has 2 heterocycles. The van der Waals surface area contributed by atoms with E-state index < -0.39 is 12.7 Å². The molecule has 3 aromatic rings. The van der Waals surface area contributed by atoms with Crippen LogP contribution in [0.2, 0.25) is 5.02 Å². The first kappa shape index (κ1) is 30.2. The lowest BCUT2D eigenvalue weighted by molar-refractivity contribution is -0.384. The van der Waals surface area contributed by atoms with Crippen LogP contribution >= 0.6 is 19.3 Å². The van der Waals surface area contributed by atoms with E-state index in [1.54, 1.807) is 54.2 Å². The van der Waals surface area contributed by atoms with Gasteiger partial charge in [0, 0.05) is 48.7 Å². The predicted molar refractivity (Wildman–Crippen MR) is 159 cm³/mol. The third kappa shape index (κ3) is 6.85. The topological polar surface area (TPSA) is 129 Å². The van der Waals surface area contributed by atoms with Gasteiger partial charge in [0.15, 0.2) is 0 Å². The Morgan fingerprint density at radius 1 is 1.10 bits per heavy atom. The molecule has 0 N–H and O–H groups in total. The number of benzene rings is 2. The Bertz CT molecular complexity index is 1540. The maximum Gasteiger partial charge on any atom is 0.408 e. The molecule has 1 aliphatic heterocycles. The van der Waals surface area contributed by atoms with Crippen molar-refractivity contribution in [3.8, 4) is 11.4 Å². The van der Waals surface area contributed by atoms with E-state index >= 15 is 0 Å². The molecule has 0 spiro atoms. The molecule has 1 aromatic heterocycles. The van der Waals surface area contributed by atoms with Crippen molar-refractivity contribution >= 4 is 30.7 Å². The maximum atomic E-state index is 13.8. The average molecular weight is 618 g/mol. The lowest BCUT2D eigenvalue weighted by Gasteiger charge is -2.38. The molecule has 0 radical (unpaired) electrons. The fourth-order valence-electron chi connectivity index (χ4n) is 4.60. The molecule has 2 fully saturated rings. The second-order valence-electron chi connectivity index (χ2n) is 10.7. The molecule has 12 nitrogen and oxygen atoms in total. The quantitative estimate of drug-likeness (QED) is 0.147. The van der Waals surface area contributed by atoms with Crippen LogP contribution in [0, 0.1) is 15.5 Å². The normalized spacial score (nSPS) is 17.9. The lowest BCUT2D eigenvalue weighted by Crippen LogP contribution is -2.46. The van der Waals surface area contributed by atoms with Gasteiger partial charge < -0.3 is 9.64 Å². The molecule has 1 atom stereocenters. The van der Waals surface area contributed by atoms with Crippen molar-refractivity contribution in [3.63, 3.8) is 0 Å². The van der Waals surface area contributed by atoms with E-state index in [9.17, 15) is 19.5 Å². The van der Waals surface area contributed by atoms with Crippen molar-refractivity contribution in [1.29, 1.82) is 0 Å². The molecule has 5 rings (SSSR count). The summed E-state index contributed by atoms with van der Waals surface area (Å²) in [5.74, 6) is 0.217. The van der Waals surface area contributed by atoms with Gasteiger partial charge in [-0.25, -0.2) is 9.24 Å². The number of nitro benzene ring substituents is 1. The first-order valence-corrected chi connectivity index (χ1v) is 15.6. The Balaban J connectivity index is 1.32. The summed E-state index contributed by atoms with van der Waals surface area (Å²) in [6.07, 6.45) is 3.71. The predicted octanol–water partition coefficient (Wildman–Crippen LogP) is 5.46. The summed E-state index contributed by atoms with van der Waals surface area (Å²) < 4.78 is 34.3. The number of piperazine rings is 1. The summed E-state index contributed by atoms with van der Waals surface area (Å²) in [7, 11) is -3.66. The monoisotopic (exact) mass is 617 g/mol. The van der Waals surface area contributed by atoms with E-state index in [4.69, 9.17) is 25.4 Å². The molecule has 2 aromatic carbocycles. The molecular weight excluding hydrogens is 585 g/mol. The zero-order valence-corrected chi connectivity index (χ0v) is 25.1. The van der Waals surface area contributed by atoms with E-state index in [2.05, 4.69) is 12.0 Å². The second-order valence-corrected chi connectivity index (χ2v) is 13.1. The van der Waals surface area contributed by atoms with Gasteiger partial charge in [0.05, 0.1) is 36.6 Å². The Kier molecular flexibility index (Phi) is 9.00. The van der Waals surface area contributed by atoms with Gasteiger partial charge in [0.25, 0.3) is 5.69 Å². The average Bonchev–Trinajstić information content (AvgIpc) is 3.72. The minimum absolute atomic E-state index is 0.0299. The summed E-state index contributed by atoms with van der Waals surface area (Å²) in [6, 6.07) is 12.8. The van der Waals surface area contributed by atoms with Crippen molar-refractivity contribution in [2.75, 3.05) is 44.3 Å². The first-order chi connectivity index (χ1) is 20.1. The molecule has 224 valence electrons. The standard InChI is InChI=1S/C28H33ClN5O7P/c1-3-40-42(38,41-19-21-7-9-23(10-8-21)34(36)37)32-15-13-31(14-16-32)25-18-30-33(24-6-4-5-22(29)17-24)27(35)26(25)39-20-28(2)11-12-28/h4-10,17-18H,3,11-16,19-20H2,1-2H3. The Morgan fingerprint density at radius 3 is 2.43 bits per heavy atom. The van der Waals surface area contributed by atoms with Crippen LogP contribution in [0.4, 0.5) is 11.4 Å². The smallest absolute Gasteiger partial charge is 0.408 e. The highest BCUT2D eigenvalue weighted by molar-refractivity contribution is 7.51. The van der Waals surface area contributed by atoms with Crippen LogP contribution in [0.1, 0.15) is 32.3 Å². The summed E-state index contributed by atoms with van der Waals surface area (Å²) in [4.78, 5) is 26.1. The Hall–Kier alpha value is -3.28. The molecule has 1 unspecified atom stereocenters. The maximum absolute atomic E-state index is 13.8. The van der Waals surface area contributed by atoms with E-state index in [-0.39, 0.29) is 35.6 Å². The van der Waals surface area contributed by atoms with Crippen molar-refractivity contribution in [2.45, 2.75) is 33.3 Å². The van der Waals surface area contributed by atoms with Gasteiger partial charge in [-0.15, -0.1) is 0 Å². The largest absolute Gasteiger partial charge is 0.486 e. The summed E-state index contributed by atoms with van der Waals surface area (Å²) >= 11 is 6.16. The molecular formula is C28H33ClN5O7P. The Labute approximate surface area is 248 Å². The SMILES string of the molecule is CCOP(=O)(OCc1ccc([N+](=O)[O-])cc1)N1CCN(c2cnn(-c3cccc(Cl)c3)c(=O)c2OCC2(C)CC2)CC1. The molecule has 0 bridgehead atoms. The van der Waals surface area contributed by atoms with Gasteiger partial charge in [-0.3, -0.25) is 24.0 Å². The van der Waals surface area contributed by atoms with E-state index in [1.807, 2.05) is 4.90 Å². The van der Waals surface area contributed by atoms with Crippen molar-refractivity contribution in [2.24, 2.45) is 5.41 Å². The first-order valence-electron chi connectivity index (χ1n) is 13.7. The molecule has 1 saturated carbocycles. The minimum Gasteiger partial charge on any atom is -0.486 e. The van der Waals surface area contributed by atoms with Gasteiger partial charge >= 0.3 is 13.3 Å². The van der Waals surface area contributed by atoms with Crippen LogP contribution < -0.4 is 15.2 Å². The van der Waals surface area contributed by atoms with Crippen molar-refractivity contribution < 1.29 is 23.3 Å². The van der Waals surface area contributed by atoms with Crippen molar-refractivity contribution in [3.05, 3.63) is 85.8 Å². The number of nitro groups is 1. The van der Waals surface area contributed by atoms with Gasteiger partial charge in [-0.1, -0.05) is 24.6 Å². The summed E-state index contributed by atoms with van der Waals surface area (Å²) in [5.41, 5.74) is 1.38. The minimum atomic E-state index is -3.66. The number of aromatic nitrogens is 2. The Morgan fingerprint density at radius 2 is 1.81 bits per heavy atom.